The second kappa shape index (κ2) is 6.52. The van der Waals surface area contributed by atoms with E-state index in [2.05, 4.69) is 24.1 Å². The zero-order chi connectivity index (χ0) is 16.4. The smallest absolute Gasteiger partial charge is 0.293 e. The summed E-state index contributed by atoms with van der Waals surface area (Å²) in [4.78, 5) is 16.7. The number of hydrogen-bond acceptors (Lipinski definition) is 3. The molecule has 122 valence electrons. The minimum atomic E-state index is -0.240. The molecule has 0 aliphatic heterocycles. The van der Waals surface area contributed by atoms with Gasteiger partial charge in [-0.3, -0.25) is 4.79 Å². The first-order valence-corrected chi connectivity index (χ1v) is 8.15. The summed E-state index contributed by atoms with van der Waals surface area (Å²) in [5.41, 5.74) is 1.97. The molecule has 1 aromatic carbocycles. The van der Waals surface area contributed by atoms with Crippen LogP contribution in [0.4, 0.5) is 10.2 Å². The molecule has 1 aromatic heterocycles. The minimum absolute atomic E-state index is 0.0652. The van der Waals surface area contributed by atoms with E-state index in [4.69, 9.17) is 0 Å². The highest BCUT2D eigenvalue weighted by Gasteiger charge is 2.22. The van der Waals surface area contributed by atoms with Gasteiger partial charge in [0.15, 0.2) is 5.82 Å². The van der Waals surface area contributed by atoms with Gasteiger partial charge in [-0.15, -0.1) is 0 Å². The zero-order valence-corrected chi connectivity index (χ0v) is 13.6. The molecule has 1 unspecified atom stereocenters. The molecule has 3 rings (SSSR count). The van der Waals surface area contributed by atoms with Crippen LogP contribution < -0.4 is 10.9 Å². The number of halogens is 1. The third kappa shape index (κ3) is 3.44. The first-order valence-electron chi connectivity index (χ1n) is 8.15. The summed E-state index contributed by atoms with van der Waals surface area (Å²) >= 11 is 0. The normalized spacial score (nSPS) is 17.1. The van der Waals surface area contributed by atoms with Gasteiger partial charge < -0.3 is 9.88 Å². The third-order valence-corrected chi connectivity index (χ3v) is 4.21. The quantitative estimate of drug-likeness (QED) is 0.939. The molecule has 1 aliphatic rings. The summed E-state index contributed by atoms with van der Waals surface area (Å²) < 4.78 is 15.3. The number of hydrogen-bond donors (Lipinski definition) is 1. The van der Waals surface area contributed by atoms with E-state index in [-0.39, 0.29) is 17.4 Å². The van der Waals surface area contributed by atoms with Gasteiger partial charge in [0.25, 0.3) is 5.56 Å². The Hall–Kier alpha value is -2.17. The standard InChI is InChI=1S/C18H22FN3O/c1-12(2)11-22-9-8-20-17(18(22)23)21-16-5-3-4-13-6-7-14(19)10-15(13)16/h6-10,12,16H,3-5,11H2,1-2H3,(H,20,21). The molecule has 23 heavy (non-hydrogen) atoms. The summed E-state index contributed by atoms with van der Waals surface area (Å²) in [6.07, 6.45) is 6.19. The van der Waals surface area contributed by atoms with Crippen LogP contribution in [0.25, 0.3) is 0 Å². The number of fused-ring (bicyclic) bond motifs is 1. The fourth-order valence-corrected chi connectivity index (χ4v) is 3.17. The van der Waals surface area contributed by atoms with Crippen molar-refractivity contribution in [3.8, 4) is 0 Å². The van der Waals surface area contributed by atoms with Crippen LogP contribution in [0.5, 0.6) is 0 Å². The van der Waals surface area contributed by atoms with Crippen LogP contribution in [-0.4, -0.2) is 9.55 Å². The molecule has 1 heterocycles. The average Bonchev–Trinajstić information content (AvgIpc) is 2.51. The number of nitrogens with zero attached hydrogens (tertiary/aromatic N) is 2. The number of aryl methyl sites for hydroxylation is 1. The third-order valence-electron chi connectivity index (χ3n) is 4.21. The van der Waals surface area contributed by atoms with Crippen molar-refractivity contribution in [2.75, 3.05) is 5.32 Å². The second-order valence-corrected chi connectivity index (χ2v) is 6.56. The largest absolute Gasteiger partial charge is 0.359 e. The Morgan fingerprint density at radius 3 is 3.04 bits per heavy atom. The maximum absolute atomic E-state index is 13.6. The molecule has 0 saturated heterocycles. The first kappa shape index (κ1) is 15.7. The van der Waals surface area contributed by atoms with Gasteiger partial charge in [-0.05, 0) is 48.4 Å². The Balaban J connectivity index is 1.89. The molecule has 0 fully saturated rings. The van der Waals surface area contributed by atoms with E-state index >= 15 is 0 Å². The average molecular weight is 315 g/mol. The maximum atomic E-state index is 13.6. The Morgan fingerprint density at radius 1 is 1.43 bits per heavy atom. The molecular weight excluding hydrogens is 293 g/mol. The van der Waals surface area contributed by atoms with Gasteiger partial charge in [-0.1, -0.05) is 19.9 Å². The van der Waals surface area contributed by atoms with Crippen LogP contribution in [-0.2, 0) is 13.0 Å². The minimum Gasteiger partial charge on any atom is -0.359 e. The van der Waals surface area contributed by atoms with E-state index in [0.717, 1.165) is 30.4 Å². The van der Waals surface area contributed by atoms with Crippen molar-refractivity contribution in [2.45, 2.75) is 45.7 Å². The first-order chi connectivity index (χ1) is 11.0. The van der Waals surface area contributed by atoms with Gasteiger partial charge >= 0.3 is 0 Å². The monoisotopic (exact) mass is 315 g/mol. The Kier molecular flexibility index (Phi) is 4.46. The topological polar surface area (TPSA) is 46.9 Å². The molecule has 2 aromatic rings. The second-order valence-electron chi connectivity index (χ2n) is 6.56. The van der Waals surface area contributed by atoms with Gasteiger partial charge in [0.1, 0.15) is 5.82 Å². The number of benzene rings is 1. The van der Waals surface area contributed by atoms with Gasteiger partial charge in [0.2, 0.25) is 0 Å². The Labute approximate surface area is 135 Å². The van der Waals surface area contributed by atoms with Crippen molar-refractivity contribution in [3.63, 3.8) is 0 Å². The van der Waals surface area contributed by atoms with Crippen LogP contribution in [0.15, 0.2) is 35.4 Å². The highest BCUT2D eigenvalue weighted by molar-refractivity contribution is 5.41. The summed E-state index contributed by atoms with van der Waals surface area (Å²) in [7, 11) is 0. The molecule has 1 aliphatic carbocycles. The van der Waals surface area contributed by atoms with Crippen LogP contribution in [0, 0.1) is 11.7 Å². The van der Waals surface area contributed by atoms with Gasteiger partial charge in [-0.25, -0.2) is 9.37 Å². The lowest BCUT2D eigenvalue weighted by Crippen LogP contribution is -2.28. The molecule has 1 atom stereocenters. The number of anilines is 1. The summed E-state index contributed by atoms with van der Waals surface area (Å²) in [5.74, 6) is 0.485. The SMILES string of the molecule is CC(C)Cn1ccnc(NC2CCCc3ccc(F)cc32)c1=O. The molecule has 0 amide bonds. The van der Waals surface area contributed by atoms with E-state index in [9.17, 15) is 9.18 Å². The van der Waals surface area contributed by atoms with Gasteiger partial charge in [-0.2, -0.15) is 0 Å². The van der Waals surface area contributed by atoms with Gasteiger partial charge in [0.05, 0.1) is 6.04 Å². The van der Waals surface area contributed by atoms with Crippen LogP contribution in [0.3, 0.4) is 0 Å². The van der Waals surface area contributed by atoms with Crippen molar-refractivity contribution < 1.29 is 4.39 Å². The van der Waals surface area contributed by atoms with E-state index in [1.165, 1.54) is 6.07 Å². The molecule has 0 spiro atoms. The molecular formula is C18H22FN3O. The fraction of sp³-hybridized carbons (Fsp3) is 0.444. The molecule has 1 N–H and O–H groups in total. The van der Waals surface area contributed by atoms with Gasteiger partial charge in [0, 0.05) is 18.9 Å². The van der Waals surface area contributed by atoms with E-state index in [1.54, 1.807) is 23.0 Å². The summed E-state index contributed by atoms with van der Waals surface area (Å²) in [6, 6.07) is 4.84. The van der Waals surface area contributed by atoms with Crippen LogP contribution in [0.2, 0.25) is 0 Å². The fourth-order valence-electron chi connectivity index (χ4n) is 3.17. The van der Waals surface area contributed by atoms with E-state index in [0.29, 0.717) is 18.3 Å². The van der Waals surface area contributed by atoms with E-state index < -0.39 is 0 Å². The lowest BCUT2D eigenvalue weighted by molar-refractivity contribution is 0.508. The van der Waals surface area contributed by atoms with Crippen molar-refractivity contribution in [3.05, 3.63) is 57.9 Å². The Bertz CT molecular complexity index is 754. The summed E-state index contributed by atoms with van der Waals surface area (Å²) in [5, 5.41) is 3.24. The highest BCUT2D eigenvalue weighted by Crippen LogP contribution is 2.32. The highest BCUT2D eigenvalue weighted by atomic mass is 19.1. The molecule has 0 bridgehead atoms. The number of aromatic nitrogens is 2. The number of nitrogens with one attached hydrogen (secondary N) is 1. The van der Waals surface area contributed by atoms with Crippen molar-refractivity contribution >= 4 is 5.82 Å². The molecule has 0 radical (unpaired) electrons. The molecule has 0 saturated carbocycles. The van der Waals surface area contributed by atoms with Crippen molar-refractivity contribution in [2.24, 2.45) is 5.92 Å². The van der Waals surface area contributed by atoms with Crippen LogP contribution >= 0.6 is 0 Å². The lowest BCUT2D eigenvalue weighted by Gasteiger charge is -2.26. The summed E-state index contributed by atoms with van der Waals surface area (Å²) in [6.45, 7) is 4.80. The predicted octanol–water partition coefficient (Wildman–Crippen LogP) is 3.53. The molecule has 5 heteroatoms. The van der Waals surface area contributed by atoms with Crippen LogP contribution in [0.1, 0.15) is 43.9 Å². The zero-order valence-electron chi connectivity index (χ0n) is 13.6. The van der Waals surface area contributed by atoms with Crippen molar-refractivity contribution in [1.82, 2.24) is 9.55 Å². The predicted molar refractivity (Wildman–Crippen MR) is 89.0 cm³/mol. The Morgan fingerprint density at radius 2 is 2.26 bits per heavy atom. The van der Waals surface area contributed by atoms with E-state index in [1.807, 2.05) is 6.07 Å². The maximum Gasteiger partial charge on any atom is 0.293 e. The number of rotatable bonds is 4. The molecule has 4 nitrogen and oxygen atoms in total. The lowest BCUT2D eigenvalue weighted by atomic mass is 9.87. The van der Waals surface area contributed by atoms with Crippen molar-refractivity contribution in [1.29, 1.82) is 0 Å².